The first-order valence-corrected chi connectivity index (χ1v) is 8.70. The summed E-state index contributed by atoms with van der Waals surface area (Å²) in [5.41, 5.74) is 1.32. The average molecular weight is 344 g/mol. The van der Waals surface area contributed by atoms with Crippen molar-refractivity contribution in [2.45, 2.75) is 39.5 Å². The van der Waals surface area contributed by atoms with Gasteiger partial charge in [-0.3, -0.25) is 4.79 Å². The molecule has 0 aliphatic rings. The van der Waals surface area contributed by atoms with E-state index in [1.165, 1.54) is 12.1 Å². The number of aryl methyl sites for hydroxylation is 1. The number of benzene rings is 1. The number of hydrogen-bond donors (Lipinski definition) is 2. The molecule has 0 aliphatic carbocycles. The van der Waals surface area contributed by atoms with Crippen molar-refractivity contribution in [1.82, 2.24) is 15.3 Å². The number of carbonyl (C=O) groups is 1. The molecule has 1 aromatic heterocycles. The molecule has 5 nitrogen and oxygen atoms in total. The van der Waals surface area contributed by atoms with E-state index < -0.39 is 0 Å². The molecule has 0 aliphatic heterocycles. The number of nitrogens with one attached hydrogen (secondary N) is 2. The molecule has 1 aromatic carbocycles. The predicted octanol–water partition coefficient (Wildman–Crippen LogP) is 3.50. The molecule has 0 bridgehead atoms. The molecule has 6 heteroatoms. The van der Waals surface area contributed by atoms with Crippen LogP contribution in [0, 0.1) is 12.7 Å². The van der Waals surface area contributed by atoms with Crippen LogP contribution >= 0.6 is 0 Å². The largest absolute Gasteiger partial charge is 0.370 e. The van der Waals surface area contributed by atoms with Crippen molar-refractivity contribution >= 4 is 11.7 Å². The first kappa shape index (κ1) is 18.8. The highest BCUT2D eigenvalue weighted by molar-refractivity contribution is 5.92. The summed E-state index contributed by atoms with van der Waals surface area (Å²) in [6.45, 7) is 5.22. The van der Waals surface area contributed by atoms with Crippen molar-refractivity contribution in [3.05, 3.63) is 53.2 Å². The number of unbranched alkanes of at least 4 members (excludes halogenated alkanes) is 2. The van der Waals surface area contributed by atoms with E-state index in [0.29, 0.717) is 30.3 Å². The van der Waals surface area contributed by atoms with E-state index in [9.17, 15) is 9.18 Å². The monoisotopic (exact) mass is 344 g/mol. The summed E-state index contributed by atoms with van der Waals surface area (Å²) in [6, 6.07) is 7.94. The summed E-state index contributed by atoms with van der Waals surface area (Å²) in [5, 5.41) is 6.08. The number of amides is 1. The summed E-state index contributed by atoms with van der Waals surface area (Å²) in [5.74, 6) is 0.740. The molecule has 134 valence electrons. The van der Waals surface area contributed by atoms with E-state index in [2.05, 4.69) is 27.5 Å². The molecule has 0 spiro atoms. The number of rotatable bonds is 9. The van der Waals surface area contributed by atoms with E-state index in [1.54, 1.807) is 25.1 Å². The fraction of sp³-hybridized carbons (Fsp3) is 0.421. The highest BCUT2D eigenvalue weighted by Gasteiger charge is 2.10. The van der Waals surface area contributed by atoms with Crippen LogP contribution in [-0.4, -0.2) is 29.0 Å². The Morgan fingerprint density at radius 1 is 1.12 bits per heavy atom. The molecule has 0 saturated carbocycles. The number of nitrogens with zero attached hydrogens (tertiary/aromatic N) is 2. The molecule has 1 heterocycles. The smallest absolute Gasteiger partial charge is 0.270 e. The summed E-state index contributed by atoms with van der Waals surface area (Å²) in [4.78, 5) is 20.8. The number of anilines is 1. The van der Waals surface area contributed by atoms with Crippen LogP contribution in [0.3, 0.4) is 0 Å². The van der Waals surface area contributed by atoms with Crippen LogP contribution in [0.25, 0.3) is 0 Å². The highest BCUT2D eigenvalue weighted by Crippen LogP contribution is 2.08. The van der Waals surface area contributed by atoms with Gasteiger partial charge in [0.15, 0.2) is 0 Å². The zero-order valence-electron chi connectivity index (χ0n) is 14.8. The Bertz CT molecular complexity index is 688. The van der Waals surface area contributed by atoms with Gasteiger partial charge in [0.25, 0.3) is 5.91 Å². The lowest BCUT2D eigenvalue weighted by atomic mass is 10.1. The molecular formula is C19H25FN4O. The molecular weight excluding hydrogens is 319 g/mol. The Morgan fingerprint density at radius 3 is 2.60 bits per heavy atom. The average Bonchev–Trinajstić information content (AvgIpc) is 2.60. The maximum absolute atomic E-state index is 12.9. The molecule has 0 fully saturated rings. The van der Waals surface area contributed by atoms with E-state index in [0.717, 1.165) is 31.4 Å². The SMILES string of the molecule is CCCCCNc1cc(C(=O)NCCc2ccc(F)cc2)nc(C)n1. The van der Waals surface area contributed by atoms with Gasteiger partial charge in [-0.15, -0.1) is 0 Å². The van der Waals surface area contributed by atoms with Crippen LogP contribution in [0.15, 0.2) is 30.3 Å². The van der Waals surface area contributed by atoms with E-state index in [1.807, 2.05) is 0 Å². The minimum atomic E-state index is -0.261. The summed E-state index contributed by atoms with van der Waals surface area (Å²) < 4.78 is 12.9. The number of hydrogen-bond acceptors (Lipinski definition) is 4. The quantitative estimate of drug-likeness (QED) is 0.683. The zero-order valence-corrected chi connectivity index (χ0v) is 14.8. The molecule has 1 amide bonds. The minimum absolute atomic E-state index is 0.232. The normalized spacial score (nSPS) is 10.5. The molecule has 0 saturated heterocycles. The van der Waals surface area contributed by atoms with Gasteiger partial charge in [-0.05, 0) is 37.5 Å². The zero-order chi connectivity index (χ0) is 18.1. The molecule has 25 heavy (non-hydrogen) atoms. The summed E-state index contributed by atoms with van der Waals surface area (Å²) in [7, 11) is 0. The second kappa shape index (κ2) is 9.71. The number of aromatic nitrogens is 2. The summed E-state index contributed by atoms with van der Waals surface area (Å²) >= 11 is 0. The molecule has 2 aromatic rings. The van der Waals surface area contributed by atoms with Gasteiger partial charge in [0, 0.05) is 19.2 Å². The highest BCUT2D eigenvalue weighted by atomic mass is 19.1. The van der Waals surface area contributed by atoms with Crippen molar-refractivity contribution in [3.63, 3.8) is 0 Å². The first-order chi connectivity index (χ1) is 12.1. The van der Waals surface area contributed by atoms with Gasteiger partial charge in [0.1, 0.15) is 23.2 Å². The van der Waals surface area contributed by atoms with Gasteiger partial charge in [0.2, 0.25) is 0 Å². The molecule has 0 atom stereocenters. The Morgan fingerprint density at radius 2 is 1.88 bits per heavy atom. The Labute approximate surface area is 148 Å². The van der Waals surface area contributed by atoms with Gasteiger partial charge < -0.3 is 10.6 Å². The predicted molar refractivity (Wildman–Crippen MR) is 97.2 cm³/mol. The maximum Gasteiger partial charge on any atom is 0.270 e. The second-order valence-electron chi connectivity index (χ2n) is 5.95. The minimum Gasteiger partial charge on any atom is -0.370 e. The third-order valence-electron chi connectivity index (χ3n) is 3.77. The van der Waals surface area contributed by atoms with Crippen LogP contribution in [0.4, 0.5) is 10.2 Å². The van der Waals surface area contributed by atoms with Crippen molar-refractivity contribution in [3.8, 4) is 0 Å². The second-order valence-corrected chi connectivity index (χ2v) is 5.95. The maximum atomic E-state index is 12.9. The van der Waals surface area contributed by atoms with Gasteiger partial charge in [0.05, 0.1) is 0 Å². The van der Waals surface area contributed by atoms with Crippen molar-refractivity contribution < 1.29 is 9.18 Å². The van der Waals surface area contributed by atoms with Gasteiger partial charge >= 0.3 is 0 Å². The molecule has 0 unspecified atom stereocenters. The van der Waals surface area contributed by atoms with Crippen molar-refractivity contribution in [2.24, 2.45) is 0 Å². The van der Waals surface area contributed by atoms with Crippen LogP contribution in [-0.2, 0) is 6.42 Å². The fourth-order valence-electron chi connectivity index (χ4n) is 2.43. The van der Waals surface area contributed by atoms with Crippen LogP contribution in [0.1, 0.15) is 48.1 Å². The topological polar surface area (TPSA) is 66.9 Å². The Hall–Kier alpha value is -2.50. The third kappa shape index (κ3) is 6.49. The lowest BCUT2D eigenvalue weighted by Crippen LogP contribution is -2.27. The Kier molecular flexibility index (Phi) is 7.32. The van der Waals surface area contributed by atoms with E-state index in [-0.39, 0.29) is 11.7 Å². The fourth-order valence-corrected chi connectivity index (χ4v) is 2.43. The lowest BCUT2D eigenvalue weighted by Gasteiger charge is -2.09. The number of carbonyl (C=O) groups excluding carboxylic acids is 1. The van der Waals surface area contributed by atoms with E-state index in [4.69, 9.17) is 0 Å². The van der Waals surface area contributed by atoms with Crippen molar-refractivity contribution in [1.29, 1.82) is 0 Å². The molecule has 2 rings (SSSR count). The Balaban J connectivity index is 1.87. The molecule has 2 N–H and O–H groups in total. The standard InChI is InChI=1S/C19H25FN4O/c1-3-4-5-11-21-18-13-17(23-14(2)24-18)19(25)22-12-10-15-6-8-16(20)9-7-15/h6-9,13H,3-5,10-12H2,1-2H3,(H,22,25)(H,21,23,24). The van der Waals surface area contributed by atoms with Crippen LogP contribution < -0.4 is 10.6 Å². The first-order valence-electron chi connectivity index (χ1n) is 8.70. The lowest BCUT2D eigenvalue weighted by molar-refractivity contribution is 0.0949. The number of halogens is 1. The van der Waals surface area contributed by atoms with Gasteiger partial charge in [-0.1, -0.05) is 31.9 Å². The van der Waals surface area contributed by atoms with Gasteiger partial charge in [-0.25, -0.2) is 14.4 Å². The molecule has 0 radical (unpaired) electrons. The van der Waals surface area contributed by atoms with E-state index >= 15 is 0 Å². The van der Waals surface area contributed by atoms with Crippen LogP contribution in [0.5, 0.6) is 0 Å². The van der Waals surface area contributed by atoms with Gasteiger partial charge in [-0.2, -0.15) is 0 Å². The van der Waals surface area contributed by atoms with Crippen LogP contribution in [0.2, 0.25) is 0 Å². The third-order valence-corrected chi connectivity index (χ3v) is 3.77. The summed E-state index contributed by atoms with van der Waals surface area (Å²) in [6.07, 6.45) is 4.02. The van der Waals surface area contributed by atoms with Crippen molar-refractivity contribution in [2.75, 3.05) is 18.4 Å².